The van der Waals surface area contributed by atoms with Gasteiger partial charge in [-0.05, 0) is 41.8 Å². The van der Waals surface area contributed by atoms with Gasteiger partial charge in [-0.3, -0.25) is 0 Å². The van der Waals surface area contributed by atoms with Gasteiger partial charge in [-0.1, -0.05) is 41.0 Å². The molecule has 0 bridgehead atoms. The van der Waals surface area contributed by atoms with Crippen LogP contribution in [0.5, 0.6) is 5.75 Å². The lowest BCUT2D eigenvalue weighted by Gasteiger charge is -2.08. The zero-order chi connectivity index (χ0) is 17.9. The lowest BCUT2D eigenvalue weighted by Crippen LogP contribution is -2.17. The van der Waals surface area contributed by atoms with E-state index in [2.05, 4.69) is 27.6 Å². The van der Waals surface area contributed by atoms with Gasteiger partial charge in [0, 0.05) is 17.0 Å². The molecule has 0 radical (unpaired) electrons. The summed E-state index contributed by atoms with van der Waals surface area (Å²) in [5.41, 5.74) is 7.80. The summed E-state index contributed by atoms with van der Waals surface area (Å²) in [5, 5.41) is 11.6. The molecule has 2 atom stereocenters. The molecule has 0 spiro atoms. The third-order valence-electron chi connectivity index (χ3n) is 4.42. The summed E-state index contributed by atoms with van der Waals surface area (Å²) in [6.45, 7) is 1.06. The van der Waals surface area contributed by atoms with Crippen LogP contribution in [-0.2, 0) is 13.2 Å². The number of nitrogen functional groups attached to an aromatic ring is 1. The van der Waals surface area contributed by atoms with Crippen LogP contribution < -0.4 is 15.8 Å². The summed E-state index contributed by atoms with van der Waals surface area (Å²) >= 11 is 5.89. The third-order valence-corrected chi connectivity index (χ3v) is 4.67. The smallest absolute Gasteiger partial charge is 0.312 e. The fraction of sp³-hybridized carbons (Fsp3) is 0.263. The molecule has 1 saturated carbocycles. The fourth-order valence-corrected chi connectivity index (χ4v) is 3.03. The van der Waals surface area contributed by atoms with Gasteiger partial charge in [0.2, 0.25) is 5.89 Å². The number of hydrogen-bond acceptors (Lipinski definition) is 6. The van der Waals surface area contributed by atoms with E-state index in [4.69, 9.17) is 26.5 Å². The summed E-state index contributed by atoms with van der Waals surface area (Å²) in [7, 11) is 0. The molecule has 0 unspecified atom stereocenters. The number of aromatic nitrogens is 2. The Balaban J connectivity index is 1.26. The van der Waals surface area contributed by atoms with Crippen molar-refractivity contribution >= 4 is 17.6 Å². The van der Waals surface area contributed by atoms with E-state index in [-0.39, 0.29) is 6.01 Å². The van der Waals surface area contributed by atoms with E-state index in [0.717, 1.165) is 22.8 Å². The fourth-order valence-electron chi connectivity index (χ4n) is 2.90. The van der Waals surface area contributed by atoms with Crippen LogP contribution in [-0.4, -0.2) is 16.2 Å². The minimum Gasteiger partial charge on any atom is -0.489 e. The molecule has 1 aliphatic carbocycles. The van der Waals surface area contributed by atoms with E-state index in [1.165, 1.54) is 5.56 Å². The van der Waals surface area contributed by atoms with Crippen LogP contribution in [0.2, 0.25) is 5.02 Å². The Morgan fingerprint density at radius 1 is 1.12 bits per heavy atom. The SMILES string of the molecule is Nc1nnc(CN[C@H]2C[C@@H]2c2ccc(OCc3ccc(Cl)cc3)cc2)o1. The number of nitrogens with zero attached hydrogens (tertiary/aromatic N) is 2. The second kappa shape index (κ2) is 7.35. The van der Waals surface area contributed by atoms with Crippen molar-refractivity contribution in [3.63, 3.8) is 0 Å². The summed E-state index contributed by atoms with van der Waals surface area (Å²) in [4.78, 5) is 0. The summed E-state index contributed by atoms with van der Waals surface area (Å²) in [6.07, 6.45) is 1.09. The van der Waals surface area contributed by atoms with Crippen LogP contribution in [0.1, 0.15) is 29.4 Å². The molecular weight excluding hydrogens is 352 g/mol. The molecule has 7 heteroatoms. The molecule has 0 amide bonds. The molecule has 0 saturated heterocycles. The standard InChI is InChI=1S/C19H19ClN4O2/c20-14-5-1-12(2-6-14)11-25-15-7-3-13(4-8-15)16-9-17(16)22-10-18-23-24-19(21)26-18/h1-8,16-17,22H,9-11H2,(H2,21,24)/t16-,17+/m1/s1. The van der Waals surface area contributed by atoms with Gasteiger partial charge in [0.1, 0.15) is 12.4 Å². The molecule has 1 fully saturated rings. The number of anilines is 1. The van der Waals surface area contributed by atoms with Crippen LogP contribution in [0.4, 0.5) is 6.01 Å². The lowest BCUT2D eigenvalue weighted by molar-refractivity contribution is 0.306. The largest absolute Gasteiger partial charge is 0.489 e. The molecule has 26 heavy (non-hydrogen) atoms. The predicted octanol–water partition coefficient (Wildman–Crippen LogP) is 3.53. The van der Waals surface area contributed by atoms with Gasteiger partial charge in [0.25, 0.3) is 0 Å². The minimum atomic E-state index is 0.100. The Morgan fingerprint density at radius 3 is 2.58 bits per heavy atom. The average molecular weight is 371 g/mol. The highest BCUT2D eigenvalue weighted by Crippen LogP contribution is 2.41. The Labute approximate surface area is 156 Å². The molecule has 1 aliphatic rings. The minimum absolute atomic E-state index is 0.100. The Bertz CT molecular complexity index is 864. The Hall–Kier alpha value is -2.57. The highest BCUT2D eigenvalue weighted by molar-refractivity contribution is 6.30. The zero-order valence-electron chi connectivity index (χ0n) is 14.1. The molecule has 0 aliphatic heterocycles. The van der Waals surface area contributed by atoms with E-state index in [0.29, 0.717) is 31.0 Å². The molecule has 1 aromatic heterocycles. The van der Waals surface area contributed by atoms with E-state index < -0.39 is 0 Å². The quantitative estimate of drug-likeness (QED) is 0.661. The van der Waals surface area contributed by atoms with Crippen molar-refractivity contribution < 1.29 is 9.15 Å². The maximum atomic E-state index is 5.89. The average Bonchev–Trinajstić information content (AvgIpc) is 3.32. The third kappa shape index (κ3) is 4.15. The van der Waals surface area contributed by atoms with Gasteiger partial charge < -0.3 is 20.2 Å². The van der Waals surface area contributed by atoms with Gasteiger partial charge in [0.05, 0.1) is 6.54 Å². The van der Waals surface area contributed by atoms with Crippen LogP contribution in [0, 0.1) is 0 Å². The Kier molecular flexibility index (Phi) is 4.77. The van der Waals surface area contributed by atoms with Crippen molar-refractivity contribution in [1.29, 1.82) is 0 Å². The van der Waals surface area contributed by atoms with Gasteiger partial charge in [-0.15, -0.1) is 5.10 Å². The second-order valence-corrected chi connectivity index (χ2v) is 6.78. The normalized spacial score (nSPS) is 18.7. The topological polar surface area (TPSA) is 86.2 Å². The number of hydrogen-bond donors (Lipinski definition) is 2. The zero-order valence-corrected chi connectivity index (χ0v) is 14.8. The highest BCUT2D eigenvalue weighted by atomic mass is 35.5. The van der Waals surface area contributed by atoms with Crippen molar-refractivity contribution in [2.24, 2.45) is 0 Å². The summed E-state index contributed by atoms with van der Waals surface area (Å²) in [5.74, 6) is 1.87. The van der Waals surface area contributed by atoms with E-state index in [9.17, 15) is 0 Å². The first-order valence-corrected chi connectivity index (χ1v) is 8.83. The first kappa shape index (κ1) is 16.9. The molecule has 3 N–H and O–H groups in total. The summed E-state index contributed by atoms with van der Waals surface area (Å²) in [6, 6.07) is 16.5. The van der Waals surface area contributed by atoms with Gasteiger partial charge >= 0.3 is 6.01 Å². The van der Waals surface area contributed by atoms with Crippen molar-refractivity contribution in [1.82, 2.24) is 15.5 Å². The number of nitrogens with two attached hydrogens (primary N) is 1. The van der Waals surface area contributed by atoms with Gasteiger partial charge in [-0.2, -0.15) is 0 Å². The molecule has 6 nitrogen and oxygen atoms in total. The Morgan fingerprint density at radius 2 is 1.88 bits per heavy atom. The number of ether oxygens (including phenoxy) is 1. The van der Waals surface area contributed by atoms with Crippen LogP contribution in [0.3, 0.4) is 0 Å². The van der Waals surface area contributed by atoms with E-state index >= 15 is 0 Å². The predicted molar refractivity (Wildman–Crippen MR) is 98.9 cm³/mol. The maximum absolute atomic E-state index is 5.89. The van der Waals surface area contributed by atoms with Crippen LogP contribution in [0.25, 0.3) is 0 Å². The number of nitrogens with one attached hydrogen (secondary N) is 1. The van der Waals surface area contributed by atoms with Gasteiger partial charge in [0.15, 0.2) is 0 Å². The van der Waals surface area contributed by atoms with Crippen LogP contribution >= 0.6 is 11.6 Å². The van der Waals surface area contributed by atoms with E-state index in [1.54, 1.807) is 0 Å². The molecular formula is C19H19ClN4O2. The van der Waals surface area contributed by atoms with Crippen LogP contribution in [0.15, 0.2) is 52.9 Å². The second-order valence-electron chi connectivity index (χ2n) is 6.35. The van der Waals surface area contributed by atoms with E-state index in [1.807, 2.05) is 36.4 Å². The van der Waals surface area contributed by atoms with Crippen molar-refractivity contribution in [3.05, 3.63) is 70.6 Å². The number of halogens is 1. The number of benzene rings is 2. The van der Waals surface area contributed by atoms with Crippen molar-refractivity contribution in [2.75, 3.05) is 5.73 Å². The molecule has 2 aromatic carbocycles. The summed E-state index contributed by atoms with van der Waals surface area (Å²) < 4.78 is 11.0. The highest BCUT2D eigenvalue weighted by Gasteiger charge is 2.38. The van der Waals surface area contributed by atoms with Crippen molar-refractivity contribution in [3.8, 4) is 5.75 Å². The first-order chi connectivity index (χ1) is 12.7. The molecule has 134 valence electrons. The maximum Gasteiger partial charge on any atom is 0.312 e. The molecule has 4 rings (SSSR count). The lowest BCUT2D eigenvalue weighted by atomic mass is 10.1. The molecule has 1 heterocycles. The van der Waals surface area contributed by atoms with Gasteiger partial charge in [-0.25, -0.2) is 0 Å². The number of rotatable bonds is 7. The monoisotopic (exact) mass is 370 g/mol. The van der Waals surface area contributed by atoms with Crippen molar-refractivity contribution in [2.45, 2.75) is 31.5 Å². The first-order valence-electron chi connectivity index (χ1n) is 8.46. The molecule has 3 aromatic rings.